The number of alkyl halides is 4. The Morgan fingerprint density at radius 3 is 2.22 bits per heavy atom. The van der Waals surface area contributed by atoms with Gasteiger partial charge in [0, 0.05) is 37.4 Å². The van der Waals surface area contributed by atoms with Crippen molar-refractivity contribution in [3.05, 3.63) is 23.7 Å². The molecule has 0 aromatic carbocycles. The molecule has 0 radical (unpaired) electrons. The van der Waals surface area contributed by atoms with Crippen molar-refractivity contribution in [2.24, 2.45) is 27.6 Å². The fraction of sp³-hybridized carbons (Fsp3) is 0.769. The lowest BCUT2D eigenvalue weighted by molar-refractivity contribution is -0.0411. The second-order valence-corrected chi connectivity index (χ2v) is 11.2. The van der Waals surface area contributed by atoms with Crippen LogP contribution in [0.3, 0.4) is 0 Å². The average Bonchev–Trinajstić information content (AvgIpc) is 2.80. The lowest BCUT2D eigenvalue weighted by Crippen LogP contribution is -2.52. The van der Waals surface area contributed by atoms with E-state index in [4.69, 9.17) is 5.73 Å². The molecule has 2 unspecified atom stereocenters. The molecule has 0 aromatic heterocycles. The number of allylic oxidation sites excluding steroid dienone is 3. The summed E-state index contributed by atoms with van der Waals surface area (Å²) in [5.74, 6) is -4.63. The van der Waals surface area contributed by atoms with Gasteiger partial charge in [-0.25, -0.2) is 26.9 Å². The monoisotopic (exact) mass is 530 g/mol. The Labute approximate surface area is 215 Å². The number of nitrogens with two attached hydrogens (primary N) is 1. The van der Waals surface area contributed by atoms with Gasteiger partial charge in [-0.15, -0.1) is 0 Å². The van der Waals surface area contributed by atoms with Crippen molar-refractivity contribution >= 4 is 11.8 Å². The smallest absolute Gasteiger partial charge is 0.248 e. The fourth-order valence-electron chi connectivity index (χ4n) is 5.65. The van der Waals surface area contributed by atoms with Gasteiger partial charge in [0.25, 0.3) is 0 Å². The molecular weight excluding hydrogens is 491 g/mol. The number of aliphatic imine (C=N–C) groups is 2. The number of dihydropyridines is 1. The molecule has 208 valence electrons. The minimum atomic E-state index is -2.67. The van der Waals surface area contributed by atoms with Gasteiger partial charge in [-0.3, -0.25) is 10.3 Å². The van der Waals surface area contributed by atoms with Crippen molar-refractivity contribution in [1.29, 1.82) is 0 Å². The number of rotatable bonds is 6. The Kier molecular flexibility index (Phi) is 8.50. The Morgan fingerprint density at radius 2 is 1.62 bits per heavy atom. The molecule has 4 rings (SSSR count). The number of hydrogen-bond donors (Lipinski definition) is 4. The lowest BCUT2D eigenvalue weighted by Gasteiger charge is -2.38. The van der Waals surface area contributed by atoms with Gasteiger partial charge in [0.2, 0.25) is 11.8 Å². The Bertz CT molecular complexity index is 920. The summed E-state index contributed by atoms with van der Waals surface area (Å²) in [4.78, 5) is 9.02. The van der Waals surface area contributed by atoms with Crippen molar-refractivity contribution in [3.63, 3.8) is 0 Å². The van der Waals surface area contributed by atoms with Crippen molar-refractivity contribution in [3.8, 4) is 0 Å². The Hall–Kier alpha value is -2.17. The van der Waals surface area contributed by atoms with E-state index >= 15 is 4.39 Å². The van der Waals surface area contributed by atoms with E-state index in [0.29, 0.717) is 24.7 Å². The first kappa shape index (κ1) is 27.9. The van der Waals surface area contributed by atoms with Crippen LogP contribution in [0.5, 0.6) is 0 Å². The maximum absolute atomic E-state index is 15.1. The molecule has 2 atom stereocenters. The molecule has 0 bridgehead atoms. The topological polar surface area (TPSA) is 86.8 Å². The van der Waals surface area contributed by atoms with Crippen molar-refractivity contribution in [1.82, 2.24) is 16.0 Å². The number of hydrogen-bond acceptors (Lipinski definition) is 4. The number of nitrogens with zero attached hydrogens (tertiary/aromatic N) is 2. The molecule has 0 saturated heterocycles. The highest BCUT2D eigenvalue weighted by Gasteiger charge is 2.37. The summed E-state index contributed by atoms with van der Waals surface area (Å²) in [5, 5.41) is 9.44. The highest BCUT2D eigenvalue weighted by atomic mass is 19.3. The largest absolute Gasteiger partial charge is 0.373 e. The van der Waals surface area contributed by atoms with E-state index in [1.54, 1.807) is 13.0 Å². The standard InChI is InChI=1S/C26H39F5N6/c1-15-13-17(14-15)21-4-3-20(27)22(36-21)23(34-16(2)33-18-5-9-25(28,29)10-6-18)37-24(32)35-19-7-11-26(30,31)12-8-19/h3-4,15-19,22,33,36H,5-14H2,1-2H3,(H3,32,34,35,37). The van der Waals surface area contributed by atoms with Crippen molar-refractivity contribution in [2.75, 3.05) is 0 Å². The lowest BCUT2D eigenvalue weighted by atomic mass is 9.73. The molecule has 3 aliphatic carbocycles. The van der Waals surface area contributed by atoms with Gasteiger partial charge in [-0.2, -0.15) is 0 Å². The molecule has 11 heteroatoms. The average molecular weight is 531 g/mol. The van der Waals surface area contributed by atoms with E-state index in [2.05, 4.69) is 32.9 Å². The van der Waals surface area contributed by atoms with Gasteiger partial charge in [0.1, 0.15) is 17.7 Å². The van der Waals surface area contributed by atoms with E-state index < -0.39 is 29.9 Å². The molecule has 6 nitrogen and oxygen atoms in total. The summed E-state index contributed by atoms with van der Waals surface area (Å²) in [7, 11) is 0. The first-order valence-corrected chi connectivity index (χ1v) is 13.4. The zero-order chi connectivity index (χ0) is 26.8. The van der Waals surface area contributed by atoms with Crippen LogP contribution in [0.1, 0.15) is 78.1 Å². The minimum Gasteiger partial charge on any atom is -0.373 e. The van der Waals surface area contributed by atoms with E-state index in [0.717, 1.165) is 18.5 Å². The van der Waals surface area contributed by atoms with Gasteiger partial charge in [0.05, 0.1) is 12.2 Å². The van der Waals surface area contributed by atoms with Crippen LogP contribution in [0.15, 0.2) is 33.7 Å². The number of nitrogens with one attached hydrogen (secondary N) is 3. The fourth-order valence-corrected chi connectivity index (χ4v) is 5.65. The van der Waals surface area contributed by atoms with Gasteiger partial charge < -0.3 is 16.4 Å². The molecule has 5 N–H and O–H groups in total. The summed E-state index contributed by atoms with van der Waals surface area (Å²) >= 11 is 0. The summed E-state index contributed by atoms with van der Waals surface area (Å²) in [5.41, 5.74) is 7.08. The Balaban J connectivity index is 1.47. The summed E-state index contributed by atoms with van der Waals surface area (Å²) in [6, 6.07) is -1.39. The van der Waals surface area contributed by atoms with E-state index in [1.165, 1.54) is 6.08 Å². The second kappa shape index (κ2) is 11.3. The van der Waals surface area contributed by atoms with Crippen LogP contribution in [0.4, 0.5) is 22.0 Å². The van der Waals surface area contributed by atoms with Crippen LogP contribution < -0.4 is 21.7 Å². The van der Waals surface area contributed by atoms with Crippen molar-refractivity contribution < 1.29 is 22.0 Å². The van der Waals surface area contributed by atoms with Crippen LogP contribution in [-0.2, 0) is 0 Å². The van der Waals surface area contributed by atoms with Gasteiger partial charge >= 0.3 is 0 Å². The van der Waals surface area contributed by atoms with Crippen LogP contribution in [-0.4, -0.2) is 47.9 Å². The molecule has 0 amide bonds. The van der Waals surface area contributed by atoms with E-state index in [1.807, 2.05) is 0 Å². The summed E-state index contributed by atoms with van der Waals surface area (Å²) in [6.45, 7) is 3.95. The first-order valence-electron chi connectivity index (χ1n) is 13.4. The molecule has 1 aliphatic heterocycles. The number of halogens is 5. The van der Waals surface area contributed by atoms with E-state index in [-0.39, 0.29) is 62.4 Å². The maximum Gasteiger partial charge on any atom is 0.248 e. The molecule has 0 aromatic rings. The zero-order valence-electron chi connectivity index (χ0n) is 21.6. The third-order valence-electron chi connectivity index (χ3n) is 7.89. The normalized spacial score (nSPS) is 32.0. The molecule has 4 aliphatic rings. The molecular formula is C26H39F5N6. The van der Waals surface area contributed by atoms with Gasteiger partial charge in [0.15, 0.2) is 5.96 Å². The van der Waals surface area contributed by atoms with Crippen LogP contribution in [0, 0.1) is 11.8 Å². The minimum absolute atomic E-state index is 0.0126. The molecule has 3 fully saturated rings. The molecule has 1 heterocycles. The highest BCUT2D eigenvalue weighted by Crippen LogP contribution is 2.39. The predicted molar refractivity (Wildman–Crippen MR) is 135 cm³/mol. The van der Waals surface area contributed by atoms with E-state index in [9.17, 15) is 17.6 Å². The molecule has 37 heavy (non-hydrogen) atoms. The SMILES string of the molecule is CC1CC(C2=CC=C(F)C(C(=NC(C)NC3CCC(F)(F)CC3)NC(N)=NC3CCC(F)(F)CC3)N2)C1. The zero-order valence-corrected chi connectivity index (χ0v) is 21.6. The van der Waals surface area contributed by atoms with Crippen LogP contribution in [0.2, 0.25) is 0 Å². The first-order chi connectivity index (χ1) is 17.4. The van der Waals surface area contributed by atoms with Crippen LogP contribution >= 0.6 is 0 Å². The number of guanidine groups is 1. The van der Waals surface area contributed by atoms with Gasteiger partial charge in [-0.05, 0) is 69.4 Å². The van der Waals surface area contributed by atoms with Crippen molar-refractivity contribution in [2.45, 2.75) is 114 Å². The summed E-state index contributed by atoms with van der Waals surface area (Å²) in [6.07, 6.45) is 4.95. The molecule has 3 saturated carbocycles. The van der Waals surface area contributed by atoms with Gasteiger partial charge in [-0.1, -0.05) is 6.92 Å². The third-order valence-corrected chi connectivity index (χ3v) is 7.89. The Morgan fingerprint density at radius 1 is 1.03 bits per heavy atom. The van der Waals surface area contributed by atoms with Crippen LogP contribution in [0.25, 0.3) is 0 Å². The third kappa shape index (κ3) is 7.67. The quantitative estimate of drug-likeness (QED) is 0.218. The predicted octanol–water partition coefficient (Wildman–Crippen LogP) is 5.14. The maximum atomic E-state index is 15.1. The molecule has 0 spiro atoms. The summed E-state index contributed by atoms with van der Waals surface area (Å²) < 4.78 is 69.2. The number of amidine groups is 1. The second-order valence-electron chi connectivity index (χ2n) is 11.2. The highest BCUT2D eigenvalue weighted by molar-refractivity contribution is 6.03.